The van der Waals surface area contributed by atoms with Crippen LogP contribution in [0.5, 0.6) is 0 Å². The number of fused-ring (bicyclic) bond motifs is 1. The van der Waals surface area contributed by atoms with E-state index in [1.165, 1.54) is 12.7 Å². The molecule has 2 amide bonds. The van der Waals surface area contributed by atoms with Gasteiger partial charge in [0, 0.05) is 13.0 Å². The van der Waals surface area contributed by atoms with Crippen molar-refractivity contribution < 1.29 is 24.2 Å². The number of nitrogens with zero attached hydrogens (tertiary/aromatic N) is 4. The van der Waals surface area contributed by atoms with E-state index in [0.717, 1.165) is 5.56 Å². The molecule has 1 aliphatic heterocycles. The van der Waals surface area contributed by atoms with Crippen molar-refractivity contribution in [2.24, 2.45) is 0 Å². The lowest BCUT2D eigenvalue weighted by Crippen LogP contribution is -2.43. The second-order valence-electron chi connectivity index (χ2n) is 6.91. The molecule has 3 atom stereocenters. The quantitative estimate of drug-likeness (QED) is 0.533. The van der Waals surface area contributed by atoms with E-state index >= 15 is 0 Å². The Bertz CT molecular complexity index is 1070. The van der Waals surface area contributed by atoms with E-state index in [2.05, 4.69) is 30.3 Å². The normalized spacial score (nSPS) is 20.5. The Morgan fingerprint density at radius 1 is 1.26 bits per heavy atom. The van der Waals surface area contributed by atoms with Gasteiger partial charge in [-0.25, -0.2) is 19.7 Å². The van der Waals surface area contributed by atoms with E-state index in [-0.39, 0.29) is 13.0 Å². The number of imide groups is 1. The molecular formula is C20H22N6O5. The summed E-state index contributed by atoms with van der Waals surface area (Å²) in [5.41, 5.74) is 2.12. The van der Waals surface area contributed by atoms with Gasteiger partial charge < -0.3 is 19.9 Å². The molecule has 162 valence electrons. The molecule has 2 unspecified atom stereocenters. The first-order chi connectivity index (χ1) is 15.1. The molecule has 2 aromatic heterocycles. The van der Waals surface area contributed by atoms with E-state index in [4.69, 9.17) is 4.74 Å². The Labute approximate surface area is 177 Å². The van der Waals surface area contributed by atoms with Crippen molar-refractivity contribution in [2.45, 2.75) is 38.3 Å². The average Bonchev–Trinajstić information content (AvgIpc) is 3.37. The molecule has 3 heterocycles. The standard InChI is InChI=1S/C20H22N6O5/c1-2-30-20(29)25-19(28)16-13(27)8-14(31-16)26-11-24-15-17(22-10-23-18(15)26)21-9-12-6-4-3-5-7-12/h3-7,10-11,13-14,16,27H,2,8-9H2,1H3,(H,21,22,23)(H,25,28,29)/t13-,14?,16?/m0/s1. The van der Waals surface area contributed by atoms with Crippen molar-refractivity contribution in [3.8, 4) is 0 Å². The molecular weight excluding hydrogens is 404 g/mol. The number of alkyl carbamates (subject to hydrolysis) is 1. The zero-order valence-corrected chi connectivity index (χ0v) is 16.8. The van der Waals surface area contributed by atoms with Crippen molar-refractivity contribution in [1.82, 2.24) is 24.8 Å². The topological polar surface area (TPSA) is 140 Å². The van der Waals surface area contributed by atoms with E-state index in [1.807, 2.05) is 30.3 Å². The van der Waals surface area contributed by atoms with E-state index in [9.17, 15) is 14.7 Å². The molecule has 0 saturated carbocycles. The summed E-state index contributed by atoms with van der Waals surface area (Å²) in [6, 6.07) is 9.86. The Balaban J connectivity index is 1.49. The third-order valence-electron chi connectivity index (χ3n) is 4.83. The van der Waals surface area contributed by atoms with Gasteiger partial charge in [-0.05, 0) is 12.5 Å². The van der Waals surface area contributed by atoms with Gasteiger partial charge in [-0.2, -0.15) is 0 Å². The van der Waals surface area contributed by atoms with Crippen LogP contribution in [0.15, 0.2) is 43.0 Å². The second-order valence-corrected chi connectivity index (χ2v) is 6.91. The number of nitrogens with one attached hydrogen (secondary N) is 2. The highest BCUT2D eigenvalue weighted by atomic mass is 16.6. The molecule has 0 radical (unpaired) electrons. The van der Waals surface area contributed by atoms with Gasteiger partial charge in [0.15, 0.2) is 23.1 Å². The minimum atomic E-state index is -1.22. The van der Waals surface area contributed by atoms with Gasteiger partial charge in [-0.1, -0.05) is 30.3 Å². The number of hydrogen-bond donors (Lipinski definition) is 3. The first kappa shape index (κ1) is 20.7. The summed E-state index contributed by atoms with van der Waals surface area (Å²) in [6.45, 7) is 2.31. The molecule has 11 nitrogen and oxygen atoms in total. The van der Waals surface area contributed by atoms with Crippen LogP contribution in [0.3, 0.4) is 0 Å². The molecule has 4 rings (SSSR count). The number of ether oxygens (including phenoxy) is 2. The van der Waals surface area contributed by atoms with Crippen LogP contribution in [0.25, 0.3) is 11.2 Å². The number of imidazole rings is 1. The predicted octanol–water partition coefficient (Wildman–Crippen LogP) is 1.36. The number of aromatic nitrogens is 4. The largest absolute Gasteiger partial charge is 0.450 e. The molecule has 1 fully saturated rings. The number of amides is 2. The number of hydrogen-bond acceptors (Lipinski definition) is 9. The molecule has 0 aliphatic carbocycles. The SMILES string of the molecule is CCOC(=O)NC(=O)C1OC(n2cnc3c(NCc4ccccc4)ncnc32)C[C@@H]1O. The Morgan fingerprint density at radius 3 is 2.84 bits per heavy atom. The van der Waals surface area contributed by atoms with Crippen LogP contribution in [0.1, 0.15) is 25.1 Å². The van der Waals surface area contributed by atoms with Gasteiger partial charge in [0.05, 0.1) is 19.0 Å². The second kappa shape index (κ2) is 9.06. The fourth-order valence-electron chi connectivity index (χ4n) is 3.37. The summed E-state index contributed by atoms with van der Waals surface area (Å²) >= 11 is 0. The van der Waals surface area contributed by atoms with Gasteiger partial charge in [0.25, 0.3) is 5.91 Å². The van der Waals surface area contributed by atoms with Crippen LogP contribution in [-0.2, 0) is 20.8 Å². The van der Waals surface area contributed by atoms with E-state index < -0.39 is 30.4 Å². The summed E-state index contributed by atoms with van der Waals surface area (Å²) in [5, 5.41) is 15.6. The molecule has 11 heteroatoms. The van der Waals surface area contributed by atoms with Crippen LogP contribution in [-0.4, -0.2) is 55.4 Å². The number of aliphatic hydroxyl groups excluding tert-OH is 1. The molecule has 3 aromatic rings. The average molecular weight is 426 g/mol. The maximum atomic E-state index is 12.2. The number of aliphatic hydroxyl groups is 1. The van der Waals surface area contributed by atoms with E-state index in [0.29, 0.717) is 23.5 Å². The summed E-state index contributed by atoms with van der Waals surface area (Å²) < 4.78 is 12.0. The van der Waals surface area contributed by atoms with Gasteiger partial charge in [0.1, 0.15) is 12.6 Å². The molecule has 0 spiro atoms. The van der Waals surface area contributed by atoms with Crippen LogP contribution in [0, 0.1) is 0 Å². The molecule has 3 N–H and O–H groups in total. The summed E-state index contributed by atoms with van der Waals surface area (Å²) in [7, 11) is 0. The third kappa shape index (κ3) is 4.47. The van der Waals surface area contributed by atoms with E-state index in [1.54, 1.807) is 11.5 Å². The predicted molar refractivity (Wildman–Crippen MR) is 109 cm³/mol. The lowest BCUT2D eigenvalue weighted by Gasteiger charge is -2.15. The van der Waals surface area contributed by atoms with Crippen molar-refractivity contribution >= 4 is 29.0 Å². The molecule has 1 aliphatic rings. The van der Waals surface area contributed by atoms with Gasteiger partial charge in [-0.15, -0.1) is 0 Å². The van der Waals surface area contributed by atoms with Gasteiger partial charge >= 0.3 is 6.09 Å². The molecule has 1 aromatic carbocycles. The number of carbonyl (C=O) groups excluding carboxylic acids is 2. The number of anilines is 1. The Morgan fingerprint density at radius 2 is 2.06 bits per heavy atom. The minimum absolute atomic E-state index is 0.122. The highest BCUT2D eigenvalue weighted by molar-refractivity contribution is 5.94. The monoisotopic (exact) mass is 426 g/mol. The van der Waals surface area contributed by atoms with Crippen LogP contribution < -0.4 is 10.6 Å². The van der Waals surface area contributed by atoms with Gasteiger partial charge in [0.2, 0.25) is 0 Å². The lowest BCUT2D eigenvalue weighted by atomic mass is 10.1. The highest BCUT2D eigenvalue weighted by Gasteiger charge is 2.41. The number of rotatable bonds is 6. The summed E-state index contributed by atoms with van der Waals surface area (Å²) in [6.07, 6.45) is -0.834. The van der Waals surface area contributed by atoms with Gasteiger partial charge in [-0.3, -0.25) is 14.7 Å². The fraction of sp³-hybridized carbons (Fsp3) is 0.350. The fourth-order valence-corrected chi connectivity index (χ4v) is 3.37. The molecule has 1 saturated heterocycles. The van der Waals surface area contributed by atoms with Crippen LogP contribution >= 0.6 is 0 Å². The van der Waals surface area contributed by atoms with Crippen LogP contribution in [0.4, 0.5) is 10.6 Å². The van der Waals surface area contributed by atoms with Crippen molar-refractivity contribution in [3.63, 3.8) is 0 Å². The first-order valence-corrected chi connectivity index (χ1v) is 9.83. The van der Waals surface area contributed by atoms with Crippen molar-refractivity contribution in [3.05, 3.63) is 48.5 Å². The number of carbonyl (C=O) groups is 2. The Kier molecular flexibility index (Phi) is 6.05. The van der Waals surface area contributed by atoms with Crippen LogP contribution in [0.2, 0.25) is 0 Å². The highest BCUT2D eigenvalue weighted by Crippen LogP contribution is 2.32. The maximum Gasteiger partial charge on any atom is 0.413 e. The third-order valence-corrected chi connectivity index (χ3v) is 4.83. The Hall–Kier alpha value is -3.57. The summed E-state index contributed by atoms with van der Waals surface area (Å²) in [5.74, 6) is -0.208. The van der Waals surface area contributed by atoms with Crippen molar-refractivity contribution in [2.75, 3.05) is 11.9 Å². The zero-order valence-electron chi connectivity index (χ0n) is 16.8. The number of benzene rings is 1. The summed E-state index contributed by atoms with van der Waals surface area (Å²) in [4.78, 5) is 36.6. The lowest BCUT2D eigenvalue weighted by molar-refractivity contribution is -0.136. The zero-order chi connectivity index (χ0) is 21.8. The maximum absolute atomic E-state index is 12.2. The molecule has 0 bridgehead atoms. The minimum Gasteiger partial charge on any atom is -0.450 e. The first-order valence-electron chi connectivity index (χ1n) is 9.83. The smallest absolute Gasteiger partial charge is 0.413 e. The molecule has 31 heavy (non-hydrogen) atoms. The van der Waals surface area contributed by atoms with Crippen molar-refractivity contribution in [1.29, 1.82) is 0 Å².